The molecule has 0 heterocycles. The van der Waals surface area contributed by atoms with E-state index in [0.717, 1.165) is 6.07 Å². The molecular formula is C17H15F6NO3. The molecule has 0 aromatic heterocycles. The number of carbonyl (C=O) groups excluding carboxylic acids is 1. The van der Waals surface area contributed by atoms with Gasteiger partial charge in [0, 0.05) is 11.0 Å². The number of aliphatic hydroxyl groups excluding tert-OH is 1. The second kappa shape index (κ2) is 7.50. The minimum absolute atomic E-state index is 0.258. The fourth-order valence-corrected chi connectivity index (χ4v) is 1.94. The first kappa shape index (κ1) is 22.3. The number of nitrogens with zero attached hydrogens (tertiary/aromatic N) is 1. The van der Waals surface area contributed by atoms with Crippen LogP contribution in [0.1, 0.15) is 31.9 Å². The highest BCUT2D eigenvalue weighted by molar-refractivity contribution is 6.07. The average molecular weight is 395 g/mol. The Kier molecular flexibility index (Phi) is 6.21. The minimum atomic E-state index is -5.09. The van der Waals surface area contributed by atoms with Gasteiger partial charge in [-0.1, -0.05) is 20.8 Å². The fourth-order valence-electron chi connectivity index (χ4n) is 1.94. The van der Waals surface area contributed by atoms with Gasteiger partial charge in [-0.25, -0.2) is 0 Å². The summed E-state index contributed by atoms with van der Waals surface area (Å²) in [6, 6.07) is 3.04. The molecule has 0 aliphatic rings. The van der Waals surface area contributed by atoms with Crippen LogP contribution >= 0.6 is 0 Å². The Balaban J connectivity index is 3.53. The molecule has 4 nitrogen and oxygen atoms in total. The second-order valence-corrected chi connectivity index (χ2v) is 6.52. The lowest BCUT2D eigenvalue weighted by molar-refractivity contribution is -0.153. The van der Waals surface area contributed by atoms with Crippen LogP contribution in [0.5, 0.6) is 5.75 Å². The van der Waals surface area contributed by atoms with Crippen molar-refractivity contribution in [2.75, 3.05) is 6.61 Å². The SMILES string of the molecule is CC(C)(C)C(=O)/C(C#N)=C(\O)c1ccc(OCC(F)(F)F)cc1C(F)(F)F. The van der Waals surface area contributed by atoms with Crippen LogP contribution in [0.4, 0.5) is 26.3 Å². The summed E-state index contributed by atoms with van der Waals surface area (Å²) in [6.07, 6.45) is -9.85. The van der Waals surface area contributed by atoms with E-state index in [1.165, 1.54) is 26.8 Å². The predicted molar refractivity (Wildman–Crippen MR) is 82.6 cm³/mol. The molecule has 0 bridgehead atoms. The van der Waals surface area contributed by atoms with Crippen LogP contribution in [0.2, 0.25) is 0 Å². The Morgan fingerprint density at radius 3 is 2.11 bits per heavy atom. The number of allylic oxidation sites excluding steroid dienone is 1. The molecule has 148 valence electrons. The maximum atomic E-state index is 13.3. The standard InChI is InChI=1S/C17H15F6NO3/c1-15(2,3)14(26)11(7-24)13(25)10-5-4-9(27-8-16(18,19)20)6-12(10)17(21,22)23/h4-6,25H,8H2,1-3H3/b13-11-. The summed E-state index contributed by atoms with van der Waals surface area (Å²) < 4.78 is 80.6. The molecule has 0 aliphatic carbocycles. The molecule has 27 heavy (non-hydrogen) atoms. The number of nitriles is 1. The number of ether oxygens (including phenoxy) is 1. The van der Waals surface area contributed by atoms with Gasteiger partial charge in [0.2, 0.25) is 0 Å². The lowest BCUT2D eigenvalue weighted by Crippen LogP contribution is -2.23. The summed E-state index contributed by atoms with van der Waals surface area (Å²) in [7, 11) is 0. The van der Waals surface area contributed by atoms with Gasteiger partial charge in [0.05, 0.1) is 5.56 Å². The molecule has 0 aliphatic heterocycles. The zero-order chi connectivity index (χ0) is 21.2. The molecule has 0 amide bonds. The van der Waals surface area contributed by atoms with E-state index in [0.29, 0.717) is 6.07 Å². The second-order valence-electron chi connectivity index (χ2n) is 6.52. The Bertz CT molecular complexity index is 795. The van der Waals surface area contributed by atoms with Gasteiger partial charge in [0.1, 0.15) is 23.2 Å². The van der Waals surface area contributed by atoms with Crippen LogP contribution in [0.15, 0.2) is 23.8 Å². The summed E-state index contributed by atoms with van der Waals surface area (Å²) in [4.78, 5) is 12.2. The van der Waals surface area contributed by atoms with Crippen molar-refractivity contribution in [1.82, 2.24) is 0 Å². The molecule has 10 heteroatoms. The number of hydrogen-bond donors (Lipinski definition) is 1. The Morgan fingerprint density at radius 1 is 1.15 bits per heavy atom. The maximum absolute atomic E-state index is 13.3. The highest BCUT2D eigenvalue weighted by Gasteiger charge is 2.37. The topological polar surface area (TPSA) is 70.3 Å². The van der Waals surface area contributed by atoms with Gasteiger partial charge in [-0.2, -0.15) is 31.6 Å². The lowest BCUT2D eigenvalue weighted by Gasteiger charge is -2.18. The molecule has 0 saturated heterocycles. The number of aliphatic hydroxyl groups is 1. The van der Waals surface area contributed by atoms with Gasteiger partial charge in [-0.15, -0.1) is 0 Å². The van der Waals surface area contributed by atoms with Gasteiger partial charge >= 0.3 is 12.4 Å². The van der Waals surface area contributed by atoms with Crippen LogP contribution in [-0.2, 0) is 11.0 Å². The van der Waals surface area contributed by atoms with Crippen molar-refractivity contribution in [3.8, 4) is 11.8 Å². The zero-order valence-electron chi connectivity index (χ0n) is 14.4. The molecule has 0 spiro atoms. The third-order valence-electron chi connectivity index (χ3n) is 3.21. The molecule has 0 atom stereocenters. The molecule has 1 rings (SSSR count). The molecule has 1 N–H and O–H groups in total. The predicted octanol–water partition coefficient (Wildman–Crippen LogP) is 5.05. The highest BCUT2D eigenvalue weighted by Crippen LogP contribution is 2.38. The summed E-state index contributed by atoms with van der Waals surface area (Å²) in [5.41, 5.74) is -4.52. The van der Waals surface area contributed by atoms with E-state index < -0.39 is 58.4 Å². The van der Waals surface area contributed by atoms with Gasteiger partial charge < -0.3 is 9.84 Å². The smallest absolute Gasteiger partial charge is 0.422 e. The zero-order valence-corrected chi connectivity index (χ0v) is 14.4. The van der Waals surface area contributed by atoms with Crippen molar-refractivity contribution in [1.29, 1.82) is 5.26 Å². The minimum Gasteiger partial charge on any atom is -0.506 e. The first-order valence-electron chi connectivity index (χ1n) is 7.37. The third-order valence-corrected chi connectivity index (χ3v) is 3.21. The number of alkyl halides is 6. The van der Waals surface area contributed by atoms with Crippen LogP contribution in [-0.4, -0.2) is 23.7 Å². The number of benzene rings is 1. The van der Waals surface area contributed by atoms with Gasteiger partial charge in [-0.3, -0.25) is 4.79 Å². The number of ketones is 1. The highest BCUT2D eigenvalue weighted by atomic mass is 19.4. The van der Waals surface area contributed by atoms with Crippen molar-refractivity contribution in [3.05, 3.63) is 34.9 Å². The quantitative estimate of drug-likeness (QED) is 0.335. The number of hydrogen-bond acceptors (Lipinski definition) is 4. The molecule has 1 aromatic rings. The molecule has 0 fully saturated rings. The van der Waals surface area contributed by atoms with Crippen molar-refractivity contribution in [2.24, 2.45) is 5.41 Å². The molecular weight excluding hydrogens is 380 g/mol. The summed E-state index contributed by atoms with van der Waals surface area (Å²) in [5, 5.41) is 19.2. The number of carbonyl (C=O) groups is 1. The molecule has 0 radical (unpaired) electrons. The summed E-state index contributed by atoms with van der Waals surface area (Å²) in [5.74, 6) is -2.85. The maximum Gasteiger partial charge on any atom is 0.422 e. The van der Waals surface area contributed by atoms with Crippen molar-refractivity contribution >= 4 is 11.5 Å². The van der Waals surface area contributed by atoms with Crippen molar-refractivity contribution < 1.29 is 41.0 Å². The molecule has 0 unspecified atom stereocenters. The van der Waals surface area contributed by atoms with Gasteiger partial charge in [0.25, 0.3) is 0 Å². The Morgan fingerprint density at radius 2 is 1.70 bits per heavy atom. The van der Waals surface area contributed by atoms with Crippen molar-refractivity contribution in [2.45, 2.75) is 33.1 Å². The first-order chi connectivity index (χ1) is 12.1. The van der Waals surface area contributed by atoms with Crippen LogP contribution < -0.4 is 4.74 Å². The monoisotopic (exact) mass is 395 g/mol. The van der Waals surface area contributed by atoms with E-state index in [-0.39, 0.29) is 6.07 Å². The van der Waals surface area contributed by atoms with E-state index >= 15 is 0 Å². The average Bonchev–Trinajstić information content (AvgIpc) is 2.50. The van der Waals surface area contributed by atoms with Crippen LogP contribution in [0, 0.1) is 16.7 Å². The Hall–Kier alpha value is -2.70. The molecule has 1 aromatic carbocycles. The fraction of sp³-hybridized carbons (Fsp3) is 0.412. The number of rotatable bonds is 4. The summed E-state index contributed by atoms with van der Waals surface area (Å²) >= 11 is 0. The lowest BCUT2D eigenvalue weighted by atomic mass is 9.85. The van der Waals surface area contributed by atoms with Crippen LogP contribution in [0.25, 0.3) is 5.76 Å². The number of halogens is 6. The van der Waals surface area contributed by atoms with Crippen LogP contribution in [0.3, 0.4) is 0 Å². The van der Waals surface area contributed by atoms with E-state index in [2.05, 4.69) is 4.74 Å². The normalized spacial score (nSPS) is 13.6. The number of Topliss-reactive ketones (excluding diaryl/α,β-unsaturated/α-hetero) is 1. The molecule has 0 saturated carbocycles. The Labute approximate surface area is 150 Å². The van der Waals surface area contributed by atoms with E-state index in [1.807, 2.05) is 0 Å². The third kappa shape index (κ3) is 5.91. The van der Waals surface area contributed by atoms with E-state index in [1.54, 1.807) is 0 Å². The van der Waals surface area contributed by atoms with E-state index in [9.17, 15) is 36.2 Å². The van der Waals surface area contributed by atoms with E-state index in [4.69, 9.17) is 5.26 Å². The first-order valence-corrected chi connectivity index (χ1v) is 7.37. The largest absolute Gasteiger partial charge is 0.506 e. The summed E-state index contributed by atoms with van der Waals surface area (Å²) in [6.45, 7) is 2.40. The van der Waals surface area contributed by atoms with Gasteiger partial charge in [0.15, 0.2) is 12.4 Å². The van der Waals surface area contributed by atoms with Gasteiger partial charge in [-0.05, 0) is 18.2 Å². The van der Waals surface area contributed by atoms with Crippen molar-refractivity contribution in [3.63, 3.8) is 0 Å².